The van der Waals surface area contributed by atoms with Crippen LogP contribution in [0.15, 0.2) is 42.7 Å². The highest BCUT2D eigenvalue weighted by atomic mass is 35.5. The van der Waals surface area contributed by atoms with E-state index in [1.807, 2.05) is 32.2 Å². The zero-order chi connectivity index (χ0) is 34.0. The molecule has 1 saturated heterocycles. The predicted octanol–water partition coefficient (Wildman–Crippen LogP) is 5.24. The second kappa shape index (κ2) is 16.1. The fourth-order valence-corrected chi connectivity index (χ4v) is 4.84. The molecule has 14 heteroatoms. The second-order valence-corrected chi connectivity index (χ2v) is 10.8. The van der Waals surface area contributed by atoms with Crippen molar-refractivity contribution < 1.29 is 27.9 Å². The Morgan fingerprint density at radius 2 is 1.89 bits per heavy atom. The molecule has 2 heterocycles. The van der Waals surface area contributed by atoms with E-state index in [9.17, 15) is 27.9 Å². The number of aliphatic hydroxyl groups is 1. The first kappa shape index (κ1) is 35.8. The van der Waals surface area contributed by atoms with Crippen LogP contribution in [0.5, 0.6) is 0 Å². The minimum absolute atomic E-state index is 0.0447. The van der Waals surface area contributed by atoms with Crippen LogP contribution in [0.4, 0.5) is 30.5 Å². The molecule has 4 rings (SSSR count). The second-order valence-electron chi connectivity index (χ2n) is 10.4. The molecule has 0 radical (unpaired) electrons. The third kappa shape index (κ3) is 9.42. The van der Waals surface area contributed by atoms with Gasteiger partial charge in [-0.3, -0.25) is 15.0 Å². The van der Waals surface area contributed by atoms with Crippen molar-refractivity contribution in [3.05, 3.63) is 75.6 Å². The molecule has 244 valence electrons. The van der Waals surface area contributed by atoms with E-state index in [0.717, 1.165) is 41.8 Å². The van der Waals surface area contributed by atoms with Crippen LogP contribution >= 0.6 is 11.6 Å². The fourth-order valence-electron chi connectivity index (χ4n) is 4.61. The number of aromatic nitrogens is 2. The van der Waals surface area contributed by atoms with Crippen molar-refractivity contribution in [2.45, 2.75) is 45.0 Å². The molecule has 3 aromatic rings. The quantitative estimate of drug-likeness (QED) is 0.132. The molecule has 1 fully saturated rings. The summed E-state index contributed by atoms with van der Waals surface area (Å²) in [6.07, 6.45) is -2.12. The van der Waals surface area contributed by atoms with Crippen LogP contribution in [-0.2, 0) is 11.0 Å². The molecule has 46 heavy (non-hydrogen) atoms. The van der Waals surface area contributed by atoms with Crippen LogP contribution in [0.2, 0.25) is 5.02 Å². The number of amides is 1. The van der Waals surface area contributed by atoms with Crippen LogP contribution in [0, 0.1) is 24.2 Å². The number of nitrogens with one attached hydrogen (secondary N) is 4. The number of benzene rings is 2. The number of aliphatic hydroxyl groups excluding tert-OH is 1. The minimum atomic E-state index is -4.52. The zero-order valence-corrected chi connectivity index (χ0v) is 26.5. The lowest BCUT2D eigenvalue weighted by molar-refractivity contribution is -0.140. The average Bonchev–Trinajstić information content (AvgIpc) is 3.03. The summed E-state index contributed by atoms with van der Waals surface area (Å²) in [6.45, 7) is 4.53. The lowest BCUT2D eigenvalue weighted by Gasteiger charge is -2.34. The third-order valence-electron chi connectivity index (χ3n) is 7.05. The molecule has 0 saturated carbocycles. The molecule has 2 unspecified atom stereocenters. The van der Waals surface area contributed by atoms with Gasteiger partial charge in [0.05, 0.1) is 16.1 Å². The molecular weight excluding hydrogens is 623 g/mol. The van der Waals surface area contributed by atoms with Crippen LogP contribution in [0.25, 0.3) is 0 Å². The number of nitrogens with zero attached hydrogens (tertiary/aromatic N) is 3. The number of aldehydes is 1. The van der Waals surface area contributed by atoms with Gasteiger partial charge in [0.25, 0.3) is 5.91 Å². The minimum Gasteiger partial charge on any atom is -0.388 e. The number of rotatable bonds is 7. The average molecular weight is 658 g/mol. The predicted molar refractivity (Wildman–Crippen MR) is 173 cm³/mol. The SMILES string of the molecule is CNc1ccc(C)c(C#CC(=N)c2c(NC)ncnc2NC2CCCN(C(=O)C(C)O)C2)c1.O=Cc1ccc(Cl)c(C(F)(F)F)c1. The highest BCUT2D eigenvalue weighted by Crippen LogP contribution is 2.34. The Labute approximate surface area is 270 Å². The maximum Gasteiger partial charge on any atom is 0.417 e. The van der Waals surface area contributed by atoms with Gasteiger partial charge in [-0.15, -0.1) is 0 Å². The number of alkyl halides is 3. The highest BCUT2D eigenvalue weighted by Gasteiger charge is 2.33. The number of carbonyl (C=O) groups is 2. The maximum absolute atomic E-state index is 12.2. The summed E-state index contributed by atoms with van der Waals surface area (Å²) in [4.78, 5) is 32.7. The topological polar surface area (TPSA) is 143 Å². The number of likely N-dealkylation sites (tertiary alicyclic amines) is 1. The van der Waals surface area contributed by atoms with Crippen molar-refractivity contribution >= 4 is 46.8 Å². The Hall–Kier alpha value is -4.67. The van der Waals surface area contributed by atoms with Gasteiger partial charge < -0.3 is 26.0 Å². The van der Waals surface area contributed by atoms with Gasteiger partial charge in [-0.25, -0.2) is 9.97 Å². The molecular formula is C32H35ClF3N7O3. The van der Waals surface area contributed by atoms with Gasteiger partial charge in [0, 0.05) is 50.0 Å². The van der Waals surface area contributed by atoms with E-state index in [2.05, 4.69) is 37.8 Å². The lowest BCUT2D eigenvalue weighted by atomic mass is 10.0. The summed E-state index contributed by atoms with van der Waals surface area (Å²) in [5, 5.41) is 27.4. The van der Waals surface area contributed by atoms with Crippen molar-refractivity contribution in [2.75, 3.05) is 43.1 Å². The number of aryl methyl sites for hydroxylation is 1. The summed E-state index contributed by atoms with van der Waals surface area (Å²) >= 11 is 5.30. The number of hydrogen-bond acceptors (Lipinski definition) is 9. The maximum atomic E-state index is 12.2. The van der Waals surface area contributed by atoms with Crippen molar-refractivity contribution in [1.29, 1.82) is 5.41 Å². The molecule has 0 spiro atoms. The summed E-state index contributed by atoms with van der Waals surface area (Å²) in [5.74, 6) is 6.76. The van der Waals surface area contributed by atoms with E-state index in [1.54, 1.807) is 11.9 Å². The zero-order valence-electron chi connectivity index (χ0n) is 25.7. The van der Waals surface area contributed by atoms with Crippen LogP contribution in [-0.4, -0.2) is 77.2 Å². The van der Waals surface area contributed by atoms with Crippen molar-refractivity contribution in [2.24, 2.45) is 0 Å². The first-order valence-corrected chi connectivity index (χ1v) is 14.6. The molecule has 0 aliphatic carbocycles. The van der Waals surface area contributed by atoms with Crippen LogP contribution in [0.3, 0.4) is 0 Å². The van der Waals surface area contributed by atoms with E-state index in [-0.39, 0.29) is 23.2 Å². The van der Waals surface area contributed by atoms with E-state index < -0.39 is 22.9 Å². The van der Waals surface area contributed by atoms with Gasteiger partial charge in [0.15, 0.2) is 0 Å². The molecule has 1 aliphatic rings. The Morgan fingerprint density at radius 1 is 1.17 bits per heavy atom. The first-order chi connectivity index (χ1) is 21.8. The molecule has 1 aliphatic heterocycles. The normalized spacial score (nSPS) is 14.9. The van der Waals surface area contributed by atoms with Gasteiger partial charge in [0.1, 0.15) is 36.1 Å². The van der Waals surface area contributed by atoms with Crippen molar-refractivity contribution in [3.63, 3.8) is 0 Å². The standard InChI is InChI=1S/C24H31N7O2.C8H4ClF3O/c1-15-7-9-18(26-3)12-17(15)8-10-20(25)21-22(27-4)28-14-29-23(21)30-19-6-5-11-31(13-19)24(33)16(2)32;9-7-2-1-5(4-13)3-6(7)8(10,11)12/h7,9,12,14,16,19,25-26,32H,5-6,11,13H2,1-4H3,(H2,27,28,29,30);1-4H. The summed E-state index contributed by atoms with van der Waals surface area (Å²) in [7, 11) is 3.59. The number of piperidine rings is 1. The molecule has 5 N–H and O–H groups in total. The van der Waals surface area contributed by atoms with Crippen molar-refractivity contribution in [3.8, 4) is 11.8 Å². The van der Waals surface area contributed by atoms with E-state index in [0.29, 0.717) is 36.6 Å². The highest BCUT2D eigenvalue weighted by molar-refractivity contribution is 6.31. The van der Waals surface area contributed by atoms with E-state index >= 15 is 0 Å². The Balaban J connectivity index is 0.000000370. The number of hydrogen-bond donors (Lipinski definition) is 5. The molecule has 1 amide bonds. The fraction of sp³-hybridized carbons (Fsp3) is 0.344. The number of halogens is 4. The lowest BCUT2D eigenvalue weighted by Crippen LogP contribution is -2.48. The largest absolute Gasteiger partial charge is 0.417 e. The summed E-state index contributed by atoms with van der Waals surface area (Å²) < 4.78 is 36.5. The monoisotopic (exact) mass is 657 g/mol. The number of carbonyl (C=O) groups excluding carboxylic acids is 2. The molecule has 10 nitrogen and oxygen atoms in total. The molecule has 1 aromatic heterocycles. The Morgan fingerprint density at radius 3 is 2.52 bits per heavy atom. The Bertz CT molecular complexity index is 1640. The number of anilines is 3. The summed E-state index contributed by atoms with van der Waals surface area (Å²) in [6, 6.07) is 8.85. The van der Waals surface area contributed by atoms with Gasteiger partial charge in [-0.05, 0) is 62.4 Å². The van der Waals surface area contributed by atoms with Gasteiger partial charge in [-0.2, -0.15) is 13.2 Å². The van der Waals surface area contributed by atoms with Gasteiger partial charge >= 0.3 is 6.18 Å². The first-order valence-electron chi connectivity index (χ1n) is 14.3. The van der Waals surface area contributed by atoms with Gasteiger partial charge in [-0.1, -0.05) is 29.7 Å². The summed E-state index contributed by atoms with van der Waals surface area (Å²) in [5.41, 5.74) is 2.35. The van der Waals surface area contributed by atoms with Crippen molar-refractivity contribution in [1.82, 2.24) is 14.9 Å². The Kier molecular flexibility index (Phi) is 12.5. The van der Waals surface area contributed by atoms with Crippen LogP contribution < -0.4 is 16.0 Å². The third-order valence-corrected chi connectivity index (χ3v) is 7.38. The molecule has 2 aromatic carbocycles. The van der Waals surface area contributed by atoms with Crippen LogP contribution in [0.1, 0.15) is 52.4 Å². The van der Waals surface area contributed by atoms with E-state index in [1.165, 1.54) is 19.3 Å². The molecule has 2 atom stereocenters. The smallest absolute Gasteiger partial charge is 0.388 e. The van der Waals surface area contributed by atoms with E-state index in [4.69, 9.17) is 17.0 Å². The molecule has 0 bridgehead atoms. The van der Waals surface area contributed by atoms with Gasteiger partial charge in [0.2, 0.25) is 0 Å².